The van der Waals surface area contributed by atoms with Crippen LogP contribution in [0.4, 0.5) is 14.5 Å². The zero-order chi connectivity index (χ0) is 12.6. The quantitative estimate of drug-likeness (QED) is 0.628. The van der Waals surface area contributed by atoms with Crippen molar-refractivity contribution in [2.45, 2.75) is 12.7 Å². The molecule has 17 heavy (non-hydrogen) atoms. The number of alkyl halides is 2. The van der Waals surface area contributed by atoms with Crippen LogP contribution in [-0.4, -0.2) is 23.5 Å². The molecule has 90 valence electrons. The average Bonchev–Trinajstić information content (AvgIpc) is 2.28. The molecule has 1 amide bonds. The highest BCUT2D eigenvalue weighted by Gasteiger charge is 2.32. The molecule has 0 aromatic heterocycles. The van der Waals surface area contributed by atoms with E-state index >= 15 is 0 Å². The second-order valence-electron chi connectivity index (χ2n) is 3.28. The van der Waals surface area contributed by atoms with Gasteiger partial charge >= 0.3 is 0 Å². The van der Waals surface area contributed by atoms with Gasteiger partial charge in [-0.3, -0.25) is 14.9 Å². The molecule has 0 fully saturated rings. The minimum absolute atomic E-state index is 0.0929. The summed E-state index contributed by atoms with van der Waals surface area (Å²) in [5.41, 5.74) is -0.436. The van der Waals surface area contributed by atoms with Gasteiger partial charge in [0.05, 0.1) is 10.5 Å². The van der Waals surface area contributed by atoms with Gasteiger partial charge < -0.3 is 10.1 Å². The first-order chi connectivity index (χ1) is 7.99. The number of nitrogens with zero attached hydrogens (tertiary/aromatic N) is 1. The van der Waals surface area contributed by atoms with E-state index in [2.05, 4.69) is 0 Å². The summed E-state index contributed by atoms with van der Waals surface area (Å²) in [5.74, 6) is -0.912. The van der Waals surface area contributed by atoms with E-state index in [1.54, 1.807) is 0 Å². The van der Waals surface area contributed by atoms with Gasteiger partial charge in [-0.25, -0.2) is 8.78 Å². The lowest BCUT2D eigenvalue weighted by atomic mass is 10.1. The topological polar surface area (TPSA) is 81.5 Å². The predicted octanol–water partition coefficient (Wildman–Crippen LogP) is 1.31. The van der Waals surface area contributed by atoms with E-state index in [1.807, 2.05) is 5.32 Å². The minimum Gasteiger partial charge on any atom is -0.464 e. The smallest absolute Gasteiger partial charge is 0.293 e. The van der Waals surface area contributed by atoms with Gasteiger partial charge in [0.25, 0.3) is 18.0 Å². The van der Waals surface area contributed by atoms with E-state index in [0.29, 0.717) is 0 Å². The van der Waals surface area contributed by atoms with E-state index in [4.69, 9.17) is 4.74 Å². The lowest BCUT2D eigenvalue weighted by Crippen LogP contribution is -2.47. The molecule has 1 heterocycles. The molecule has 0 saturated carbocycles. The minimum atomic E-state index is -2.87. The first kappa shape index (κ1) is 11.2. The summed E-state index contributed by atoms with van der Waals surface area (Å²) in [6.07, 6.45) is -4.60. The van der Waals surface area contributed by atoms with Crippen molar-refractivity contribution in [3.63, 3.8) is 0 Å². The standard InChI is InChI=1S/C9H6F2N2O4/c10-7(11)9-12-8(14)5-3-4(13(15)16)1-2-6(5)17-9/h1-3,7,9H,(H,12,14). The lowest BCUT2D eigenvalue weighted by Gasteiger charge is -2.25. The van der Waals surface area contributed by atoms with Crippen molar-refractivity contribution < 1.29 is 23.2 Å². The molecule has 0 saturated heterocycles. The number of non-ortho nitro benzene ring substituents is 1. The Kier molecular flexibility index (Phi) is 2.62. The number of nitro groups is 1. The van der Waals surface area contributed by atoms with E-state index in [1.165, 1.54) is 0 Å². The molecule has 1 atom stereocenters. The number of fused-ring (bicyclic) bond motifs is 1. The van der Waals surface area contributed by atoms with Gasteiger partial charge in [-0.1, -0.05) is 0 Å². The van der Waals surface area contributed by atoms with E-state index < -0.39 is 23.5 Å². The van der Waals surface area contributed by atoms with Crippen molar-refractivity contribution in [2.24, 2.45) is 0 Å². The Bertz CT molecular complexity index is 492. The summed E-state index contributed by atoms with van der Waals surface area (Å²) < 4.78 is 29.5. The average molecular weight is 244 g/mol. The molecule has 0 spiro atoms. The highest BCUT2D eigenvalue weighted by Crippen LogP contribution is 2.28. The number of halogens is 2. The molecule has 1 N–H and O–H groups in total. The first-order valence-electron chi connectivity index (χ1n) is 4.53. The van der Waals surface area contributed by atoms with E-state index in [-0.39, 0.29) is 17.0 Å². The van der Waals surface area contributed by atoms with Crippen molar-refractivity contribution in [2.75, 3.05) is 0 Å². The third kappa shape index (κ3) is 2.01. The molecule has 0 bridgehead atoms. The van der Waals surface area contributed by atoms with Gasteiger partial charge in [0.2, 0.25) is 6.23 Å². The first-order valence-corrected chi connectivity index (χ1v) is 4.53. The molecule has 1 aliphatic heterocycles. The zero-order valence-electron chi connectivity index (χ0n) is 8.22. The maximum Gasteiger partial charge on any atom is 0.293 e. The normalized spacial score (nSPS) is 18.3. The van der Waals surface area contributed by atoms with Gasteiger partial charge in [-0.15, -0.1) is 0 Å². The Morgan fingerprint density at radius 2 is 2.18 bits per heavy atom. The Morgan fingerprint density at radius 3 is 2.76 bits per heavy atom. The van der Waals surface area contributed by atoms with Gasteiger partial charge in [0.1, 0.15) is 5.75 Å². The van der Waals surface area contributed by atoms with Crippen LogP contribution in [0.3, 0.4) is 0 Å². The summed E-state index contributed by atoms with van der Waals surface area (Å²) in [5, 5.41) is 12.4. The molecule has 0 radical (unpaired) electrons. The van der Waals surface area contributed by atoms with E-state index in [9.17, 15) is 23.7 Å². The Morgan fingerprint density at radius 1 is 1.47 bits per heavy atom. The molecule has 8 heteroatoms. The Balaban J connectivity index is 2.38. The highest BCUT2D eigenvalue weighted by molar-refractivity contribution is 5.98. The van der Waals surface area contributed by atoms with E-state index in [0.717, 1.165) is 18.2 Å². The van der Waals surface area contributed by atoms with Crippen molar-refractivity contribution in [1.82, 2.24) is 5.32 Å². The lowest BCUT2D eigenvalue weighted by molar-refractivity contribution is -0.384. The van der Waals surface area contributed by atoms with Crippen LogP contribution in [0.25, 0.3) is 0 Å². The Labute approximate surface area is 93.3 Å². The van der Waals surface area contributed by atoms with Crippen LogP contribution in [0.2, 0.25) is 0 Å². The number of hydrogen-bond donors (Lipinski definition) is 1. The number of hydrogen-bond acceptors (Lipinski definition) is 4. The number of carbonyl (C=O) groups is 1. The third-order valence-corrected chi connectivity index (χ3v) is 2.17. The summed E-state index contributed by atoms with van der Waals surface area (Å²) in [7, 11) is 0. The largest absolute Gasteiger partial charge is 0.464 e. The molecule has 0 aliphatic carbocycles. The fourth-order valence-electron chi connectivity index (χ4n) is 1.40. The van der Waals surface area contributed by atoms with Crippen LogP contribution >= 0.6 is 0 Å². The predicted molar refractivity (Wildman–Crippen MR) is 51.0 cm³/mol. The SMILES string of the molecule is O=C1NC(C(F)F)Oc2ccc([N+](=O)[O-])cc21. The van der Waals surface area contributed by atoms with Gasteiger partial charge in [-0.05, 0) is 6.07 Å². The Hall–Kier alpha value is -2.25. The molecule has 1 aliphatic rings. The molecule has 6 nitrogen and oxygen atoms in total. The number of rotatable bonds is 2. The maximum absolute atomic E-state index is 12.3. The monoisotopic (exact) mass is 244 g/mol. The van der Waals surface area contributed by atoms with Crippen LogP contribution < -0.4 is 10.1 Å². The number of carbonyl (C=O) groups excluding carboxylic acids is 1. The fourth-order valence-corrected chi connectivity index (χ4v) is 1.40. The van der Waals surface area contributed by atoms with Crippen LogP contribution in [0, 0.1) is 10.1 Å². The number of nitro benzene ring substituents is 1. The molecular weight excluding hydrogens is 238 g/mol. The van der Waals surface area contributed by atoms with Crippen molar-refractivity contribution in [1.29, 1.82) is 0 Å². The second kappa shape index (κ2) is 3.96. The zero-order valence-corrected chi connectivity index (χ0v) is 8.22. The summed E-state index contributed by atoms with van der Waals surface area (Å²) in [4.78, 5) is 21.2. The number of nitrogens with one attached hydrogen (secondary N) is 1. The third-order valence-electron chi connectivity index (χ3n) is 2.17. The van der Waals surface area contributed by atoms with Crippen LogP contribution in [-0.2, 0) is 0 Å². The number of amides is 1. The molecule has 1 aromatic rings. The molecule has 1 unspecified atom stereocenters. The summed E-state index contributed by atoms with van der Waals surface area (Å²) in [6, 6.07) is 3.19. The van der Waals surface area contributed by atoms with Crippen LogP contribution in [0.5, 0.6) is 5.75 Å². The van der Waals surface area contributed by atoms with Gasteiger partial charge in [-0.2, -0.15) is 0 Å². The van der Waals surface area contributed by atoms with Crippen molar-refractivity contribution in [3.8, 4) is 5.75 Å². The van der Waals surface area contributed by atoms with Crippen LogP contribution in [0.15, 0.2) is 18.2 Å². The molecular formula is C9H6F2N2O4. The summed E-state index contributed by atoms with van der Waals surface area (Å²) >= 11 is 0. The molecule has 2 rings (SSSR count). The second-order valence-corrected chi connectivity index (χ2v) is 3.28. The molecule has 1 aromatic carbocycles. The van der Waals surface area contributed by atoms with Crippen molar-refractivity contribution in [3.05, 3.63) is 33.9 Å². The summed E-state index contributed by atoms with van der Waals surface area (Å²) in [6.45, 7) is 0. The van der Waals surface area contributed by atoms with Gasteiger partial charge in [0, 0.05) is 12.1 Å². The van der Waals surface area contributed by atoms with Crippen LogP contribution in [0.1, 0.15) is 10.4 Å². The number of benzene rings is 1. The highest BCUT2D eigenvalue weighted by atomic mass is 19.3. The van der Waals surface area contributed by atoms with Crippen molar-refractivity contribution >= 4 is 11.6 Å². The van der Waals surface area contributed by atoms with Gasteiger partial charge in [0.15, 0.2) is 0 Å². The number of ether oxygens (including phenoxy) is 1. The fraction of sp³-hybridized carbons (Fsp3) is 0.222. The maximum atomic E-state index is 12.3.